The van der Waals surface area contributed by atoms with Crippen molar-refractivity contribution in [3.63, 3.8) is 0 Å². The molecule has 1 aliphatic rings. The van der Waals surface area contributed by atoms with Crippen molar-refractivity contribution >= 4 is 11.8 Å². The lowest BCUT2D eigenvalue weighted by Crippen LogP contribution is -2.55. The SMILES string of the molecule is Cc1cc(OCCOCc2ccccc2)ccc1Cc1c(O[C@@H]2S[C@H](CO)[C@@H](O)C(O)[C@H]2O)n[nH]c1C(C)C. The average Bonchev–Trinajstić information content (AvgIpc) is 3.33. The summed E-state index contributed by atoms with van der Waals surface area (Å²) in [5, 5.41) is 47.2. The fraction of sp³-hybridized carbons (Fsp3) is 0.483. The number of H-pyrrole nitrogens is 1. The Morgan fingerprint density at radius 1 is 1.00 bits per heavy atom. The average molecular weight is 559 g/mol. The number of hydrogen-bond acceptors (Lipinski definition) is 9. The van der Waals surface area contributed by atoms with Crippen molar-refractivity contribution in [2.24, 2.45) is 0 Å². The van der Waals surface area contributed by atoms with Crippen LogP contribution in [0, 0.1) is 6.92 Å². The summed E-state index contributed by atoms with van der Waals surface area (Å²) in [5.74, 6) is 1.23. The molecule has 2 aromatic carbocycles. The molecule has 0 aliphatic carbocycles. The van der Waals surface area contributed by atoms with Gasteiger partial charge in [0, 0.05) is 17.7 Å². The Morgan fingerprint density at radius 3 is 2.46 bits per heavy atom. The Labute approximate surface area is 233 Å². The number of rotatable bonds is 12. The second-order valence-electron chi connectivity index (χ2n) is 10.0. The van der Waals surface area contributed by atoms with Crippen molar-refractivity contribution in [2.75, 3.05) is 19.8 Å². The van der Waals surface area contributed by atoms with E-state index in [2.05, 4.69) is 24.0 Å². The second-order valence-corrected chi connectivity index (χ2v) is 11.4. The van der Waals surface area contributed by atoms with Crippen molar-refractivity contribution in [1.29, 1.82) is 0 Å². The summed E-state index contributed by atoms with van der Waals surface area (Å²) in [6.45, 7) is 7.25. The van der Waals surface area contributed by atoms with Crippen LogP contribution in [0.2, 0.25) is 0 Å². The maximum Gasteiger partial charge on any atom is 0.237 e. The number of aromatic nitrogens is 2. The first-order chi connectivity index (χ1) is 18.8. The highest BCUT2D eigenvalue weighted by molar-refractivity contribution is 8.00. The first-order valence-electron chi connectivity index (χ1n) is 13.2. The Balaban J connectivity index is 1.40. The number of aromatic amines is 1. The molecule has 212 valence electrons. The minimum atomic E-state index is -1.43. The van der Waals surface area contributed by atoms with Crippen LogP contribution in [0.4, 0.5) is 0 Å². The van der Waals surface area contributed by atoms with E-state index in [1.165, 1.54) is 0 Å². The third kappa shape index (κ3) is 7.33. The number of thioether (sulfide) groups is 1. The Bertz CT molecular complexity index is 1190. The Kier molecular flexibility index (Phi) is 10.3. The first kappa shape index (κ1) is 29.4. The molecule has 4 rings (SSSR count). The molecule has 1 saturated heterocycles. The van der Waals surface area contributed by atoms with E-state index >= 15 is 0 Å². The monoisotopic (exact) mass is 558 g/mol. The fourth-order valence-corrected chi connectivity index (χ4v) is 5.73. The molecule has 2 heterocycles. The third-order valence-electron chi connectivity index (χ3n) is 6.80. The number of ether oxygens (including phenoxy) is 3. The second kappa shape index (κ2) is 13.6. The van der Waals surface area contributed by atoms with Gasteiger partial charge in [0.2, 0.25) is 5.88 Å². The van der Waals surface area contributed by atoms with E-state index in [4.69, 9.17) is 14.2 Å². The van der Waals surface area contributed by atoms with Crippen LogP contribution in [0.15, 0.2) is 48.5 Å². The van der Waals surface area contributed by atoms with Crippen LogP contribution in [-0.4, -0.2) is 79.4 Å². The third-order valence-corrected chi connectivity index (χ3v) is 8.22. The molecule has 3 aromatic rings. The van der Waals surface area contributed by atoms with Gasteiger partial charge in [0.25, 0.3) is 0 Å². The van der Waals surface area contributed by atoms with Crippen molar-refractivity contribution in [3.8, 4) is 11.6 Å². The van der Waals surface area contributed by atoms with Crippen LogP contribution in [0.1, 0.15) is 47.7 Å². The molecule has 10 heteroatoms. The van der Waals surface area contributed by atoms with E-state index in [9.17, 15) is 20.4 Å². The molecule has 39 heavy (non-hydrogen) atoms. The van der Waals surface area contributed by atoms with E-state index in [-0.39, 0.29) is 12.5 Å². The largest absolute Gasteiger partial charge is 0.491 e. The summed E-state index contributed by atoms with van der Waals surface area (Å²) in [6.07, 6.45) is -3.49. The lowest BCUT2D eigenvalue weighted by atomic mass is 9.97. The summed E-state index contributed by atoms with van der Waals surface area (Å²) < 4.78 is 17.7. The minimum absolute atomic E-state index is 0.144. The minimum Gasteiger partial charge on any atom is -0.491 e. The van der Waals surface area contributed by atoms with E-state index in [1.807, 2.05) is 55.5 Å². The number of nitrogens with zero attached hydrogens (tertiary/aromatic N) is 1. The summed E-state index contributed by atoms with van der Waals surface area (Å²) in [6, 6.07) is 16.0. The van der Waals surface area contributed by atoms with Gasteiger partial charge in [-0.3, -0.25) is 5.10 Å². The van der Waals surface area contributed by atoms with E-state index in [1.54, 1.807) is 0 Å². The standard InChI is InChI=1S/C29H38N2O7S/c1-17(2)24-22(28(31-30-24)38-29-27(35)26(34)25(33)23(15-32)39-29)14-20-9-10-21(13-18(20)3)37-12-11-36-16-19-7-5-4-6-8-19/h4-10,13,17,23,25-27,29,32-35H,11-12,14-16H2,1-3H3,(H,30,31)/t23-,25-,26?,27-,29-/m1/s1. The van der Waals surface area contributed by atoms with E-state index < -0.39 is 29.0 Å². The lowest BCUT2D eigenvalue weighted by Gasteiger charge is -2.38. The summed E-state index contributed by atoms with van der Waals surface area (Å²) in [7, 11) is 0. The normalized spacial score (nSPS) is 23.2. The van der Waals surface area contributed by atoms with Crippen LogP contribution >= 0.6 is 11.8 Å². The van der Waals surface area contributed by atoms with Crippen molar-refractivity contribution < 1.29 is 34.6 Å². The molecule has 5 N–H and O–H groups in total. The molecule has 0 saturated carbocycles. The topological polar surface area (TPSA) is 137 Å². The zero-order valence-corrected chi connectivity index (χ0v) is 23.3. The van der Waals surface area contributed by atoms with Gasteiger partial charge in [0.15, 0.2) is 5.44 Å². The van der Waals surface area contributed by atoms with Gasteiger partial charge in [-0.1, -0.05) is 50.2 Å². The molecule has 1 aliphatic heterocycles. The molecule has 0 bridgehead atoms. The van der Waals surface area contributed by atoms with Gasteiger partial charge in [0.1, 0.15) is 24.6 Å². The molecule has 9 nitrogen and oxygen atoms in total. The molecular weight excluding hydrogens is 520 g/mol. The van der Waals surface area contributed by atoms with E-state index in [0.29, 0.717) is 32.1 Å². The van der Waals surface area contributed by atoms with Crippen LogP contribution in [0.3, 0.4) is 0 Å². The maximum absolute atomic E-state index is 10.5. The molecule has 0 radical (unpaired) electrons. The number of aliphatic hydroxyl groups is 4. The van der Waals surface area contributed by atoms with Gasteiger partial charge in [-0.25, -0.2) is 0 Å². The molecule has 1 aromatic heterocycles. The number of benzene rings is 2. The van der Waals surface area contributed by atoms with Crippen LogP contribution in [-0.2, 0) is 17.8 Å². The van der Waals surface area contributed by atoms with E-state index in [0.717, 1.165) is 45.5 Å². The zero-order chi connectivity index (χ0) is 27.9. The first-order valence-corrected chi connectivity index (χ1v) is 14.1. The molecule has 5 atom stereocenters. The molecular formula is C29H38N2O7S. The van der Waals surface area contributed by atoms with Crippen LogP contribution in [0.25, 0.3) is 0 Å². The van der Waals surface area contributed by atoms with Gasteiger partial charge in [-0.05, 0) is 41.7 Å². The van der Waals surface area contributed by atoms with Crippen molar-refractivity contribution in [1.82, 2.24) is 10.2 Å². The summed E-state index contributed by atoms with van der Waals surface area (Å²) in [4.78, 5) is 0. The Hall–Kier alpha value is -2.60. The predicted octanol–water partition coefficient (Wildman–Crippen LogP) is 2.92. The quantitative estimate of drug-likeness (QED) is 0.213. The number of aliphatic hydroxyl groups excluding tert-OH is 4. The van der Waals surface area contributed by atoms with Gasteiger partial charge in [-0.15, -0.1) is 16.9 Å². The summed E-state index contributed by atoms with van der Waals surface area (Å²) in [5.41, 5.74) is 4.10. The summed E-state index contributed by atoms with van der Waals surface area (Å²) >= 11 is 1.08. The van der Waals surface area contributed by atoms with Gasteiger partial charge < -0.3 is 34.6 Å². The van der Waals surface area contributed by atoms with Crippen LogP contribution in [0.5, 0.6) is 11.6 Å². The molecule has 1 fully saturated rings. The fourth-order valence-electron chi connectivity index (χ4n) is 4.51. The van der Waals surface area contributed by atoms with Gasteiger partial charge in [0.05, 0.1) is 31.2 Å². The highest BCUT2D eigenvalue weighted by atomic mass is 32.2. The molecule has 0 amide bonds. The van der Waals surface area contributed by atoms with Gasteiger partial charge in [-0.2, -0.15) is 0 Å². The van der Waals surface area contributed by atoms with Gasteiger partial charge >= 0.3 is 0 Å². The smallest absolute Gasteiger partial charge is 0.237 e. The highest BCUT2D eigenvalue weighted by Crippen LogP contribution is 2.37. The van der Waals surface area contributed by atoms with Crippen LogP contribution < -0.4 is 9.47 Å². The highest BCUT2D eigenvalue weighted by Gasteiger charge is 2.44. The molecule has 1 unspecified atom stereocenters. The number of nitrogens with one attached hydrogen (secondary N) is 1. The number of hydrogen-bond donors (Lipinski definition) is 5. The zero-order valence-electron chi connectivity index (χ0n) is 22.5. The van der Waals surface area contributed by atoms with Crippen molar-refractivity contribution in [2.45, 2.75) is 68.7 Å². The van der Waals surface area contributed by atoms with Crippen molar-refractivity contribution in [3.05, 3.63) is 76.5 Å². The Morgan fingerprint density at radius 2 is 1.77 bits per heavy atom. The lowest BCUT2D eigenvalue weighted by molar-refractivity contribution is -0.0915. The predicted molar refractivity (Wildman–Crippen MR) is 149 cm³/mol. The number of aryl methyl sites for hydroxylation is 1. The molecule has 0 spiro atoms. The maximum atomic E-state index is 10.5.